The molecule has 7 heteroatoms. The van der Waals surface area contributed by atoms with Crippen LogP contribution in [0.2, 0.25) is 0 Å². The summed E-state index contributed by atoms with van der Waals surface area (Å²) in [5.74, 6) is 0.217. The Morgan fingerprint density at radius 1 is 1.32 bits per heavy atom. The normalized spacial score (nSPS) is 18.9. The lowest BCUT2D eigenvalue weighted by Crippen LogP contribution is -2.50. The second-order valence-electron chi connectivity index (χ2n) is 8.42. The van der Waals surface area contributed by atoms with Crippen molar-refractivity contribution in [1.29, 1.82) is 0 Å². The maximum absolute atomic E-state index is 13.5. The van der Waals surface area contributed by atoms with E-state index in [9.17, 15) is 14.0 Å². The molecule has 1 aromatic heterocycles. The maximum Gasteiger partial charge on any atom is 0.242 e. The number of thiophene rings is 1. The van der Waals surface area contributed by atoms with E-state index in [1.54, 1.807) is 28.4 Å². The molecular weight excluding hydrogens is 415 g/mol. The second kappa shape index (κ2) is 9.39. The molecular formula is C24H29FN2O3S. The number of ether oxygens (including phenoxy) is 1. The molecule has 1 aromatic carbocycles. The van der Waals surface area contributed by atoms with Gasteiger partial charge in [-0.1, -0.05) is 13.0 Å². The second-order valence-corrected chi connectivity index (χ2v) is 9.42. The predicted octanol–water partition coefficient (Wildman–Crippen LogP) is 4.43. The van der Waals surface area contributed by atoms with Crippen LogP contribution >= 0.6 is 11.3 Å². The molecule has 0 spiro atoms. The fourth-order valence-electron chi connectivity index (χ4n) is 4.08. The standard InChI is InChI=1S/C24H29FN2O3S/c1-3-16(2)27(24(29)17-7-8-17)14-23(28)26-11-9-22-20(10-12-31-22)21(26)15-30-19-6-4-5-18(25)13-19/h4-6,10,12-13,16-17,21H,3,7-9,11,14-15H2,1-2H3/t16-,21+/m0/s1. The molecule has 0 bridgehead atoms. The quantitative estimate of drug-likeness (QED) is 0.605. The van der Waals surface area contributed by atoms with Crippen molar-refractivity contribution in [2.75, 3.05) is 19.7 Å². The van der Waals surface area contributed by atoms with Crippen LogP contribution in [0.15, 0.2) is 35.7 Å². The molecule has 2 heterocycles. The summed E-state index contributed by atoms with van der Waals surface area (Å²) >= 11 is 1.69. The van der Waals surface area contributed by atoms with Crippen molar-refractivity contribution >= 4 is 23.2 Å². The number of benzene rings is 1. The molecule has 2 amide bonds. The Labute approximate surface area is 186 Å². The lowest BCUT2D eigenvalue weighted by molar-refractivity contribution is -0.145. The maximum atomic E-state index is 13.5. The SMILES string of the molecule is CC[C@H](C)N(CC(=O)N1CCc2sccc2[C@H]1COc1cccc(F)c1)C(=O)C1CC1. The van der Waals surface area contributed by atoms with Gasteiger partial charge < -0.3 is 14.5 Å². The topological polar surface area (TPSA) is 49.9 Å². The predicted molar refractivity (Wildman–Crippen MR) is 119 cm³/mol. The van der Waals surface area contributed by atoms with Crippen molar-refractivity contribution in [2.24, 2.45) is 5.92 Å². The van der Waals surface area contributed by atoms with Crippen LogP contribution in [0.3, 0.4) is 0 Å². The van der Waals surface area contributed by atoms with Crippen molar-refractivity contribution < 1.29 is 18.7 Å². The zero-order valence-electron chi connectivity index (χ0n) is 18.1. The third-order valence-electron chi connectivity index (χ3n) is 6.26. The van der Waals surface area contributed by atoms with Crippen molar-refractivity contribution in [3.8, 4) is 5.75 Å². The molecule has 1 aliphatic carbocycles. The average molecular weight is 445 g/mol. The highest BCUT2D eigenvalue weighted by Crippen LogP contribution is 2.35. The van der Waals surface area contributed by atoms with Gasteiger partial charge in [0.25, 0.3) is 0 Å². The molecule has 5 nitrogen and oxygen atoms in total. The minimum atomic E-state index is -0.354. The van der Waals surface area contributed by atoms with E-state index in [0.29, 0.717) is 12.3 Å². The summed E-state index contributed by atoms with van der Waals surface area (Å²) in [6, 6.07) is 7.87. The lowest BCUT2D eigenvalue weighted by atomic mass is 10.00. The van der Waals surface area contributed by atoms with Crippen molar-refractivity contribution in [2.45, 2.75) is 51.6 Å². The van der Waals surface area contributed by atoms with Gasteiger partial charge in [0.2, 0.25) is 11.8 Å². The Morgan fingerprint density at radius 2 is 2.13 bits per heavy atom. The summed E-state index contributed by atoms with van der Waals surface area (Å²) in [6.45, 7) is 4.98. The zero-order valence-corrected chi connectivity index (χ0v) is 18.9. The third-order valence-corrected chi connectivity index (χ3v) is 7.25. The van der Waals surface area contributed by atoms with Crippen molar-refractivity contribution in [1.82, 2.24) is 9.80 Å². The van der Waals surface area contributed by atoms with E-state index in [0.717, 1.165) is 31.2 Å². The first-order chi connectivity index (χ1) is 15.0. The first-order valence-electron chi connectivity index (χ1n) is 11.0. The van der Waals surface area contributed by atoms with Crippen molar-refractivity contribution in [3.63, 3.8) is 0 Å². The molecule has 1 saturated carbocycles. The van der Waals surface area contributed by atoms with Crippen LogP contribution in [-0.2, 0) is 16.0 Å². The molecule has 0 radical (unpaired) electrons. The molecule has 31 heavy (non-hydrogen) atoms. The molecule has 1 fully saturated rings. The summed E-state index contributed by atoms with van der Waals surface area (Å²) in [5.41, 5.74) is 1.09. The van der Waals surface area contributed by atoms with E-state index >= 15 is 0 Å². The van der Waals surface area contributed by atoms with E-state index in [1.165, 1.54) is 17.0 Å². The summed E-state index contributed by atoms with van der Waals surface area (Å²) in [4.78, 5) is 31.1. The Balaban J connectivity index is 1.51. The van der Waals surface area contributed by atoms with Gasteiger partial charge in [0.05, 0.1) is 6.04 Å². The van der Waals surface area contributed by atoms with Crippen LogP contribution in [-0.4, -0.2) is 47.4 Å². The summed E-state index contributed by atoms with van der Waals surface area (Å²) in [7, 11) is 0. The molecule has 0 N–H and O–H groups in total. The van der Waals surface area contributed by atoms with Crippen LogP contribution < -0.4 is 4.74 Å². The number of hydrogen-bond acceptors (Lipinski definition) is 4. The van der Waals surface area contributed by atoms with Gasteiger partial charge in [0, 0.05) is 29.4 Å². The number of nitrogens with zero attached hydrogens (tertiary/aromatic N) is 2. The molecule has 2 atom stereocenters. The molecule has 166 valence electrons. The molecule has 1 aliphatic heterocycles. The monoisotopic (exact) mass is 444 g/mol. The summed E-state index contributed by atoms with van der Waals surface area (Å²) in [6.07, 6.45) is 3.46. The Kier molecular flexibility index (Phi) is 6.60. The molecule has 0 unspecified atom stereocenters. The van der Waals surface area contributed by atoms with E-state index in [4.69, 9.17) is 4.74 Å². The van der Waals surface area contributed by atoms with Gasteiger partial charge in [0.15, 0.2) is 0 Å². The largest absolute Gasteiger partial charge is 0.491 e. The first kappa shape index (κ1) is 21.8. The first-order valence-corrected chi connectivity index (χ1v) is 11.9. The number of carbonyl (C=O) groups excluding carboxylic acids is 2. The minimum Gasteiger partial charge on any atom is -0.491 e. The molecule has 4 rings (SSSR count). The highest BCUT2D eigenvalue weighted by molar-refractivity contribution is 7.10. The van der Waals surface area contributed by atoms with E-state index in [-0.39, 0.29) is 48.8 Å². The smallest absolute Gasteiger partial charge is 0.242 e. The number of hydrogen-bond donors (Lipinski definition) is 0. The molecule has 0 saturated heterocycles. The van der Waals surface area contributed by atoms with Gasteiger partial charge in [-0.05, 0) is 61.7 Å². The molecule has 2 aromatic rings. The third kappa shape index (κ3) is 4.92. The Bertz CT molecular complexity index is 942. The fraction of sp³-hybridized carbons (Fsp3) is 0.500. The van der Waals surface area contributed by atoms with Crippen LogP contribution in [0.4, 0.5) is 4.39 Å². The lowest BCUT2D eigenvalue weighted by Gasteiger charge is -2.38. The number of amides is 2. The van der Waals surface area contributed by atoms with Crippen LogP contribution in [0.5, 0.6) is 5.75 Å². The van der Waals surface area contributed by atoms with Gasteiger partial charge in [0.1, 0.15) is 24.7 Å². The fourth-order valence-corrected chi connectivity index (χ4v) is 5.01. The van der Waals surface area contributed by atoms with Crippen LogP contribution in [0, 0.1) is 11.7 Å². The van der Waals surface area contributed by atoms with Gasteiger partial charge in [-0.3, -0.25) is 9.59 Å². The minimum absolute atomic E-state index is 0.0283. The Hall–Kier alpha value is -2.41. The average Bonchev–Trinajstić information content (AvgIpc) is 3.51. The van der Waals surface area contributed by atoms with Gasteiger partial charge >= 0.3 is 0 Å². The van der Waals surface area contributed by atoms with Gasteiger partial charge in [-0.25, -0.2) is 4.39 Å². The Morgan fingerprint density at radius 3 is 2.84 bits per heavy atom. The van der Waals surface area contributed by atoms with E-state index in [2.05, 4.69) is 0 Å². The van der Waals surface area contributed by atoms with Crippen molar-refractivity contribution in [3.05, 3.63) is 52.0 Å². The highest BCUT2D eigenvalue weighted by atomic mass is 32.1. The number of rotatable bonds is 8. The number of halogens is 1. The highest BCUT2D eigenvalue weighted by Gasteiger charge is 2.38. The van der Waals surface area contributed by atoms with E-state index < -0.39 is 0 Å². The number of carbonyl (C=O) groups is 2. The van der Waals surface area contributed by atoms with E-state index in [1.807, 2.05) is 30.2 Å². The summed E-state index contributed by atoms with van der Waals surface area (Å²) < 4.78 is 19.4. The van der Waals surface area contributed by atoms with Crippen LogP contribution in [0.1, 0.15) is 49.6 Å². The van der Waals surface area contributed by atoms with Gasteiger partial charge in [-0.2, -0.15) is 0 Å². The van der Waals surface area contributed by atoms with Gasteiger partial charge in [-0.15, -0.1) is 11.3 Å². The zero-order chi connectivity index (χ0) is 22.0. The summed E-state index contributed by atoms with van der Waals surface area (Å²) in [5, 5.41) is 2.04. The number of fused-ring (bicyclic) bond motifs is 1. The molecule has 2 aliphatic rings. The van der Waals surface area contributed by atoms with Crippen LogP contribution in [0.25, 0.3) is 0 Å².